The van der Waals surface area contributed by atoms with Crippen molar-refractivity contribution in [3.63, 3.8) is 0 Å². The van der Waals surface area contributed by atoms with Crippen LogP contribution in [0.5, 0.6) is 11.5 Å². The number of fused-ring (bicyclic) bond motifs is 2. The molecule has 24 heavy (non-hydrogen) atoms. The summed E-state index contributed by atoms with van der Waals surface area (Å²) in [5.74, 6) is 1.23. The summed E-state index contributed by atoms with van der Waals surface area (Å²) >= 11 is 1.42. The first-order chi connectivity index (χ1) is 11.7. The Morgan fingerprint density at radius 2 is 1.58 bits per heavy atom. The Hall–Kier alpha value is -2.47. The van der Waals surface area contributed by atoms with E-state index in [9.17, 15) is 9.59 Å². The molecule has 5 nitrogen and oxygen atoms in total. The normalized spacial score (nSPS) is 16.1. The third-order valence-electron chi connectivity index (χ3n) is 3.96. The topological polar surface area (TPSA) is 55.8 Å². The monoisotopic (exact) mass is 341 g/mol. The Morgan fingerprint density at radius 3 is 2.29 bits per heavy atom. The lowest BCUT2D eigenvalue weighted by Crippen LogP contribution is -2.29. The molecule has 0 fully saturated rings. The summed E-state index contributed by atoms with van der Waals surface area (Å²) in [6.07, 6.45) is 0.853. The Kier molecular flexibility index (Phi) is 3.90. The van der Waals surface area contributed by atoms with Crippen LogP contribution in [0.3, 0.4) is 0 Å². The van der Waals surface area contributed by atoms with Crippen LogP contribution < -0.4 is 9.47 Å². The first kappa shape index (κ1) is 15.1. The van der Waals surface area contributed by atoms with E-state index in [2.05, 4.69) is 0 Å². The molecular weight excluding hydrogens is 326 g/mol. The molecule has 0 aliphatic carbocycles. The fourth-order valence-electron chi connectivity index (χ4n) is 2.73. The third-order valence-corrected chi connectivity index (χ3v) is 4.93. The maximum atomic E-state index is 12.4. The number of carbonyl (C=O) groups is 2. The van der Waals surface area contributed by atoms with Gasteiger partial charge in [-0.05, 0) is 30.3 Å². The van der Waals surface area contributed by atoms with Gasteiger partial charge in [0, 0.05) is 11.3 Å². The molecule has 0 saturated carbocycles. The number of benzene rings is 2. The van der Waals surface area contributed by atoms with Gasteiger partial charge in [-0.1, -0.05) is 12.1 Å². The molecule has 0 spiro atoms. The number of rotatable bonds is 3. The molecule has 2 heterocycles. The van der Waals surface area contributed by atoms with Crippen molar-refractivity contribution in [1.82, 2.24) is 4.90 Å². The predicted molar refractivity (Wildman–Crippen MR) is 89.7 cm³/mol. The minimum absolute atomic E-state index is 0.238. The zero-order valence-corrected chi connectivity index (χ0v) is 13.7. The molecule has 2 amide bonds. The second-order valence-electron chi connectivity index (χ2n) is 5.52. The van der Waals surface area contributed by atoms with Gasteiger partial charge in [0.15, 0.2) is 11.5 Å². The van der Waals surface area contributed by atoms with Crippen molar-refractivity contribution in [2.75, 3.05) is 19.1 Å². The van der Waals surface area contributed by atoms with Gasteiger partial charge in [0.25, 0.3) is 11.8 Å². The van der Waals surface area contributed by atoms with Gasteiger partial charge in [0.05, 0.1) is 30.2 Å². The summed E-state index contributed by atoms with van der Waals surface area (Å²) in [5.41, 5.74) is 0.948. The Morgan fingerprint density at radius 1 is 0.917 bits per heavy atom. The van der Waals surface area contributed by atoms with Crippen LogP contribution in [0.2, 0.25) is 0 Å². The van der Waals surface area contributed by atoms with Gasteiger partial charge in [-0.2, -0.15) is 0 Å². The average molecular weight is 341 g/mol. The molecule has 0 radical (unpaired) electrons. The molecule has 0 aromatic heterocycles. The van der Waals surface area contributed by atoms with Crippen molar-refractivity contribution in [3.8, 4) is 11.5 Å². The van der Waals surface area contributed by atoms with E-state index in [1.807, 2.05) is 18.2 Å². The summed E-state index contributed by atoms with van der Waals surface area (Å²) in [6.45, 7) is 1.27. The fraction of sp³-hybridized carbons (Fsp3) is 0.222. The van der Waals surface area contributed by atoms with E-state index in [-0.39, 0.29) is 17.7 Å². The first-order valence-electron chi connectivity index (χ1n) is 7.72. The molecule has 6 heteroatoms. The van der Waals surface area contributed by atoms with Crippen molar-refractivity contribution in [1.29, 1.82) is 0 Å². The predicted octanol–water partition coefficient (Wildman–Crippen LogP) is 3.19. The lowest BCUT2D eigenvalue weighted by Gasteiger charge is -2.14. The molecule has 0 saturated heterocycles. The smallest absolute Gasteiger partial charge is 0.262 e. The van der Waals surface area contributed by atoms with Gasteiger partial charge < -0.3 is 9.47 Å². The standard InChI is InChI=1S/C18H15NO4S/c20-17-13-4-1-2-5-14(13)18(21)19(17)11-24-12-6-7-15-16(10-12)23-9-3-8-22-15/h1-2,4-7,10H,3,8-9,11H2. The van der Waals surface area contributed by atoms with Crippen LogP contribution >= 0.6 is 11.8 Å². The number of imide groups is 1. The lowest BCUT2D eigenvalue weighted by molar-refractivity contribution is 0.0684. The third kappa shape index (κ3) is 2.63. The summed E-state index contributed by atoms with van der Waals surface area (Å²) in [7, 11) is 0. The molecule has 4 rings (SSSR count). The van der Waals surface area contributed by atoms with Gasteiger partial charge in [0.2, 0.25) is 0 Å². The van der Waals surface area contributed by atoms with Crippen molar-refractivity contribution < 1.29 is 19.1 Å². The number of carbonyl (C=O) groups excluding carboxylic acids is 2. The van der Waals surface area contributed by atoms with Crippen molar-refractivity contribution >= 4 is 23.6 Å². The van der Waals surface area contributed by atoms with Crippen LogP contribution in [-0.2, 0) is 0 Å². The van der Waals surface area contributed by atoms with E-state index >= 15 is 0 Å². The van der Waals surface area contributed by atoms with Crippen LogP contribution in [0, 0.1) is 0 Å². The van der Waals surface area contributed by atoms with E-state index in [1.165, 1.54) is 16.7 Å². The van der Waals surface area contributed by atoms with E-state index in [0.29, 0.717) is 30.1 Å². The highest BCUT2D eigenvalue weighted by atomic mass is 32.2. The number of hydrogen-bond donors (Lipinski definition) is 0. The quantitative estimate of drug-likeness (QED) is 0.634. The first-order valence-corrected chi connectivity index (χ1v) is 8.70. The molecule has 0 N–H and O–H groups in total. The second-order valence-corrected chi connectivity index (χ2v) is 6.53. The minimum atomic E-state index is -0.238. The Balaban J connectivity index is 1.49. The molecule has 0 bridgehead atoms. The number of ether oxygens (including phenoxy) is 2. The molecule has 2 aromatic carbocycles. The molecule has 2 aliphatic heterocycles. The van der Waals surface area contributed by atoms with E-state index in [1.54, 1.807) is 24.3 Å². The highest BCUT2D eigenvalue weighted by molar-refractivity contribution is 7.99. The van der Waals surface area contributed by atoms with Crippen LogP contribution in [0.15, 0.2) is 47.4 Å². The van der Waals surface area contributed by atoms with Gasteiger partial charge >= 0.3 is 0 Å². The van der Waals surface area contributed by atoms with Crippen molar-refractivity contribution in [2.24, 2.45) is 0 Å². The average Bonchev–Trinajstić information content (AvgIpc) is 2.77. The zero-order chi connectivity index (χ0) is 16.5. The molecule has 2 aliphatic rings. The SMILES string of the molecule is O=C1c2ccccc2C(=O)N1CSc1ccc2c(c1)OCCCO2. The van der Waals surface area contributed by atoms with Gasteiger partial charge in [-0.15, -0.1) is 11.8 Å². The van der Waals surface area contributed by atoms with Crippen LogP contribution in [0.25, 0.3) is 0 Å². The number of thioether (sulfide) groups is 1. The number of amides is 2. The summed E-state index contributed by atoms with van der Waals surface area (Å²) in [6, 6.07) is 12.6. The van der Waals surface area contributed by atoms with Gasteiger partial charge in [-0.3, -0.25) is 14.5 Å². The summed E-state index contributed by atoms with van der Waals surface area (Å²) in [4.78, 5) is 26.9. The largest absolute Gasteiger partial charge is 0.490 e. The Bertz CT molecular complexity index is 785. The van der Waals surface area contributed by atoms with Crippen LogP contribution in [0.4, 0.5) is 0 Å². The molecule has 2 aromatic rings. The summed E-state index contributed by atoms with van der Waals surface area (Å²) in [5, 5.41) is 0. The Labute approximate surface area is 143 Å². The van der Waals surface area contributed by atoms with Crippen molar-refractivity contribution in [3.05, 3.63) is 53.6 Å². The van der Waals surface area contributed by atoms with Gasteiger partial charge in [0.1, 0.15) is 0 Å². The number of nitrogens with zero attached hydrogens (tertiary/aromatic N) is 1. The second kappa shape index (κ2) is 6.20. The number of hydrogen-bond acceptors (Lipinski definition) is 5. The minimum Gasteiger partial charge on any atom is -0.490 e. The highest BCUT2D eigenvalue weighted by Crippen LogP contribution is 2.35. The molecule has 0 unspecified atom stereocenters. The van der Waals surface area contributed by atoms with Crippen molar-refractivity contribution in [2.45, 2.75) is 11.3 Å². The van der Waals surface area contributed by atoms with E-state index in [0.717, 1.165) is 17.1 Å². The molecular formula is C18H15NO4S. The fourth-order valence-corrected chi connectivity index (χ4v) is 3.60. The van der Waals surface area contributed by atoms with Gasteiger partial charge in [-0.25, -0.2) is 0 Å². The highest BCUT2D eigenvalue weighted by Gasteiger charge is 2.34. The van der Waals surface area contributed by atoms with E-state index < -0.39 is 0 Å². The van der Waals surface area contributed by atoms with Crippen LogP contribution in [-0.4, -0.2) is 35.8 Å². The molecule has 122 valence electrons. The van der Waals surface area contributed by atoms with Crippen LogP contribution in [0.1, 0.15) is 27.1 Å². The molecule has 0 atom stereocenters. The van der Waals surface area contributed by atoms with E-state index in [4.69, 9.17) is 9.47 Å². The maximum absolute atomic E-state index is 12.4. The maximum Gasteiger partial charge on any atom is 0.262 e. The zero-order valence-electron chi connectivity index (χ0n) is 12.9. The summed E-state index contributed by atoms with van der Waals surface area (Å²) < 4.78 is 11.3. The lowest BCUT2D eigenvalue weighted by atomic mass is 10.1.